The van der Waals surface area contributed by atoms with Gasteiger partial charge in [0.2, 0.25) is 0 Å². The number of hydrogen-bond donors (Lipinski definition) is 1. The zero-order valence-electron chi connectivity index (χ0n) is 28.5. The van der Waals surface area contributed by atoms with Gasteiger partial charge in [0.1, 0.15) is 0 Å². The van der Waals surface area contributed by atoms with Crippen molar-refractivity contribution >= 4 is 29.9 Å². The van der Waals surface area contributed by atoms with Crippen molar-refractivity contribution < 1.29 is 30.0 Å². The Kier molecular flexibility index (Phi) is 12.3. The van der Waals surface area contributed by atoms with E-state index in [1.165, 1.54) is 33.3 Å². The number of rotatable bonds is 6. The molecule has 1 aromatic heterocycles. The summed E-state index contributed by atoms with van der Waals surface area (Å²) in [6.07, 6.45) is 1.32. The van der Waals surface area contributed by atoms with E-state index in [1.807, 2.05) is 34.6 Å². The predicted molar refractivity (Wildman–Crippen MR) is 195 cm³/mol. The topological polar surface area (TPSA) is 50.2 Å². The average molecular weight is 805 g/mol. The molecule has 0 aliphatic heterocycles. The van der Waals surface area contributed by atoms with Gasteiger partial charge in [-0.15, -0.1) is 34.9 Å². The number of hydrogen-bond acceptors (Lipinski definition) is 3. The van der Waals surface area contributed by atoms with Crippen LogP contribution in [-0.2, 0) is 24.9 Å². The maximum absolute atomic E-state index is 11.3. The number of benzene rings is 4. The minimum atomic E-state index is -1.41. The second-order valence-corrected chi connectivity index (χ2v) is 19.2. The van der Waals surface area contributed by atoms with Gasteiger partial charge in [-0.3, -0.25) is 9.78 Å². The van der Waals surface area contributed by atoms with Gasteiger partial charge in [-0.25, -0.2) is 0 Å². The minimum Gasteiger partial charge on any atom is -0.512 e. The van der Waals surface area contributed by atoms with Crippen molar-refractivity contribution in [1.82, 2.24) is 4.98 Å². The summed E-state index contributed by atoms with van der Waals surface area (Å²) < 4.78 is 0. The first-order valence-electron chi connectivity index (χ1n) is 15.7. The van der Waals surface area contributed by atoms with E-state index in [0.717, 1.165) is 27.9 Å². The Labute approximate surface area is 290 Å². The molecular formula is C41H46IrNO2Si-. The van der Waals surface area contributed by atoms with Crippen molar-refractivity contribution in [1.29, 1.82) is 0 Å². The van der Waals surface area contributed by atoms with Gasteiger partial charge >= 0.3 is 0 Å². The Morgan fingerprint density at radius 2 is 1.41 bits per heavy atom. The molecule has 46 heavy (non-hydrogen) atoms. The first kappa shape index (κ1) is 36.8. The van der Waals surface area contributed by atoms with Crippen LogP contribution in [0.15, 0.2) is 109 Å². The number of allylic oxidation sites excluding steroid dienone is 2. The van der Waals surface area contributed by atoms with Crippen molar-refractivity contribution in [2.75, 3.05) is 0 Å². The molecule has 0 fully saturated rings. The SMILES string of the molecule is CC(C)/C(O)=C/C(=O)C(C)(C)C.Cc1[c-]c(-c2nc3ccc([Si](C)(C)C)cc3cc2-c2ccccc2)cc(-c2ccccc2)c1.[Ir]. The molecule has 0 saturated carbocycles. The molecule has 5 heteroatoms. The third kappa shape index (κ3) is 9.45. The van der Waals surface area contributed by atoms with Crippen molar-refractivity contribution in [3.63, 3.8) is 0 Å². The fourth-order valence-electron chi connectivity index (χ4n) is 4.84. The van der Waals surface area contributed by atoms with Gasteiger partial charge in [0, 0.05) is 37.5 Å². The summed E-state index contributed by atoms with van der Waals surface area (Å²) in [5, 5.41) is 12.0. The monoisotopic (exact) mass is 805 g/mol. The minimum absolute atomic E-state index is 0. The Bertz CT molecular complexity index is 1820. The van der Waals surface area contributed by atoms with Crippen LogP contribution >= 0.6 is 0 Å². The molecule has 1 N–H and O–H groups in total. The van der Waals surface area contributed by atoms with E-state index in [1.54, 1.807) is 0 Å². The van der Waals surface area contributed by atoms with Crippen LogP contribution in [-0.4, -0.2) is 23.9 Å². The number of aliphatic hydroxyl groups is 1. The number of pyridine rings is 1. The number of aromatic nitrogens is 1. The van der Waals surface area contributed by atoms with Gasteiger partial charge in [0.05, 0.1) is 19.3 Å². The summed E-state index contributed by atoms with van der Waals surface area (Å²) in [4.78, 5) is 16.5. The van der Waals surface area contributed by atoms with Gasteiger partial charge in [-0.05, 0) is 33.8 Å². The largest absolute Gasteiger partial charge is 0.512 e. The fourth-order valence-corrected chi connectivity index (χ4v) is 6.02. The predicted octanol–water partition coefficient (Wildman–Crippen LogP) is 10.6. The van der Waals surface area contributed by atoms with Crippen molar-refractivity contribution in [3.8, 4) is 33.5 Å². The molecule has 0 saturated heterocycles. The van der Waals surface area contributed by atoms with Crippen LogP contribution in [0.3, 0.4) is 0 Å². The van der Waals surface area contributed by atoms with Gasteiger partial charge in [-0.1, -0.05) is 145 Å². The molecule has 0 spiro atoms. The number of carbonyl (C=O) groups is 1. The van der Waals surface area contributed by atoms with E-state index in [9.17, 15) is 9.90 Å². The first-order valence-corrected chi connectivity index (χ1v) is 19.2. The average Bonchev–Trinajstić information content (AvgIpc) is 3.00. The van der Waals surface area contributed by atoms with Gasteiger partial charge < -0.3 is 5.11 Å². The van der Waals surface area contributed by atoms with E-state index in [-0.39, 0.29) is 37.6 Å². The van der Waals surface area contributed by atoms with Crippen LogP contribution in [0.1, 0.15) is 40.2 Å². The molecule has 0 amide bonds. The molecule has 5 rings (SSSR count). The fraction of sp³-hybridized carbons (Fsp3) is 0.268. The quantitative estimate of drug-likeness (QED) is 0.0805. The van der Waals surface area contributed by atoms with Crippen LogP contribution in [0.2, 0.25) is 19.6 Å². The smallest absolute Gasteiger partial charge is 0.164 e. The number of carbonyl (C=O) groups excluding carboxylic acids is 1. The van der Waals surface area contributed by atoms with Crippen molar-refractivity contribution in [3.05, 3.63) is 121 Å². The molecule has 3 nitrogen and oxygen atoms in total. The van der Waals surface area contributed by atoms with E-state index in [0.29, 0.717) is 0 Å². The molecule has 0 aliphatic carbocycles. The number of aliphatic hydroxyl groups excluding tert-OH is 1. The van der Waals surface area contributed by atoms with Crippen LogP contribution < -0.4 is 5.19 Å². The number of aryl methyl sites for hydroxylation is 1. The molecule has 4 aromatic carbocycles. The summed E-state index contributed by atoms with van der Waals surface area (Å²) in [5.41, 5.74) is 8.48. The second-order valence-electron chi connectivity index (χ2n) is 14.1. The van der Waals surface area contributed by atoms with Crippen LogP contribution in [0.25, 0.3) is 44.4 Å². The van der Waals surface area contributed by atoms with E-state index in [4.69, 9.17) is 4.98 Å². The van der Waals surface area contributed by atoms with Crippen LogP contribution in [0.4, 0.5) is 0 Å². The molecular weight excluding hydrogens is 759 g/mol. The standard InChI is InChI=1S/C31H28NSi.C10H18O2.Ir/c1-22-17-25(23-11-7-5-8-12-23)19-27(18-22)31-29(24-13-9-6-10-14-24)21-26-20-28(33(2,3)4)15-16-30(26)32-31;1-7(2)8(11)6-9(12)10(3,4)5;/h5-17,19-21H,1-4H3;6-7,11H,1-5H3;/q-1;;/b;8-6-;. The third-order valence-corrected chi connectivity index (χ3v) is 9.78. The molecule has 0 bridgehead atoms. The molecule has 5 aromatic rings. The van der Waals surface area contributed by atoms with Gasteiger partial charge in [0.15, 0.2) is 5.78 Å². The summed E-state index contributed by atoms with van der Waals surface area (Å²) in [5.74, 6) is 0.153. The molecule has 1 radical (unpaired) electrons. The number of fused-ring (bicyclic) bond motifs is 1. The van der Waals surface area contributed by atoms with E-state index in [2.05, 4.69) is 130 Å². The number of nitrogens with zero attached hydrogens (tertiary/aromatic N) is 1. The summed E-state index contributed by atoms with van der Waals surface area (Å²) in [6.45, 7) is 18.5. The van der Waals surface area contributed by atoms with E-state index < -0.39 is 13.5 Å². The zero-order chi connectivity index (χ0) is 32.9. The van der Waals surface area contributed by atoms with Crippen LogP contribution in [0.5, 0.6) is 0 Å². The van der Waals surface area contributed by atoms with Crippen LogP contribution in [0, 0.1) is 24.3 Å². The Morgan fingerprint density at radius 3 is 1.96 bits per heavy atom. The van der Waals surface area contributed by atoms with Gasteiger partial charge in [0.25, 0.3) is 0 Å². The molecule has 0 atom stereocenters. The van der Waals surface area contributed by atoms with Crippen molar-refractivity contribution in [2.24, 2.45) is 11.3 Å². The van der Waals surface area contributed by atoms with Crippen molar-refractivity contribution in [2.45, 2.75) is 61.2 Å². The molecule has 0 unspecified atom stereocenters. The first-order chi connectivity index (χ1) is 21.1. The maximum Gasteiger partial charge on any atom is 0.164 e. The Morgan fingerprint density at radius 1 is 0.826 bits per heavy atom. The van der Waals surface area contributed by atoms with E-state index >= 15 is 0 Å². The second kappa shape index (κ2) is 15.3. The summed E-state index contributed by atoms with van der Waals surface area (Å²) >= 11 is 0. The third-order valence-electron chi connectivity index (χ3n) is 7.74. The Balaban J connectivity index is 0.000000380. The zero-order valence-corrected chi connectivity index (χ0v) is 31.9. The normalized spacial score (nSPS) is 11.9. The number of ketones is 1. The molecule has 1 heterocycles. The molecule has 241 valence electrons. The van der Waals surface area contributed by atoms with Gasteiger partial charge in [-0.2, -0.15) is 0 Å². The summed E-state index contributed by atoms with van der Waals surface area (Å²) in [6, 6.07) is 38.2. The maximum atomic E-state index is 11.3. The Hall–Kier alpha value is -3.63. The summed E-state index contributed by atoms with van der Waals surface area (Å²) in [7, 11) is -1.41. The molecule has 0 aliphatic rings.